The van der Waals surface area contributed by atoms with E-state index in [2.05, 4.69) is 39.7 Å². The molecule has 0 aliphatic rings. The van der Waals surface area contributed by atoms with E-state index in [1.54, 1.807) is 20.8 Å². The van der Waals surface area contributed by atoms with Gasteiger partial charge in [-0.3, -0.25) is 14.4 Å². The molecule has 0 fully saturated rings. The Morgan fingerprint density at radius 3 is 1.98 bits per heavy atom. The van der Waals surface area contributed by atoms with Crippen molar-refractivity contribution in [1.29, 1.82) is 0 Å². The van der Waals surface area contributed by atoms with Gasteiger partial charge in [0.1, 0.15) is 12.2 Å². The van der Waals surface area contributed by atoms with Gasteiger partial charge >= 0.3 is 24.0 Å². The first-order chi connectivity index (χ1) is 18.9. The maximum atomic E-state index is 11.8. The molecule has 0 saturated heterocycles. The number of hydrogen-bond acceptors (Lipinski definition) is 11. The van der Waals surface area contributed by atoms with Gasteiger partial charge in [-0.15, -0.1) is 0 Å². The summed E-state index contributed by atoms with van der Waals surface area (Å²) >= 11 is 0. The summed E-state index contributed by atoms with van der Waals surface area (Å²) < 4.78 is 14.5. The van der Waals surface area contributed by atoms with Gasteiger partial charge in [0, 0.05) is 30.7 Å². The third kappa shape index (κ3) is 23.2. The quantitative estimate of drug-likeness (QED) is 0.0369. The van der Waals surface area contributed by atoms with Crippen molar-refractivity contribution < 1.29 is 64.0 Å². The van der Waals surface area contributed by atoms with E-state index >= 15 is 0 Å². The Hall–Kier alpha value is -4.44. The van der Waals surface area contributed by atoms with E-state index in [0.717, 1.165) is 0 Å². The van der Waals surface area contributed by atoms with Crippen molar-refractivity contribution in [3.8, 4) is 0 Å². The third-order valence-electron chi connectivity index (χ3n) is 3.99. The molecule has 3 amide bonds. The first kappa shape index (κ1) is 38.7. The Kier molecular flexibility index (Phi) is 19.3. The van der Waals surface area contributed by atoms with Gasteiger partial charge in [0.25, 0.3) is 5.91 Å². The molecule has 1 atom stereocenters. The van der Waals surface area contributed by atoms with Crippen molar-refractivity contribution in [1.82, 2.24) is 16.0 Å². The Morgan fingerprint density at radius 1 is 0.951 bits per heavy atom. The van der Waals surface area contributed by atoms with Gasteiger partial charge in [-0.05, 0) is 34.6 Å². The third-order valence-corrected chi connectivity index (χ3v) is 3.99. The van der Waals surface area contributed by atoms with Crippen LogP contribution in [0.25, 0.3) is 0 Å². The number of hydrogen-bond donors (Lipinski definition) is 5. The standard InChI is InChI=1S/C17H25N3O8.C8H15NO4/c1-10(2)16(23)26-7-12(8-28-25)20-14(21)5-6-19-15(22)13(18)9-27-17(24)11(3)4;1-8(2,3)13-7(12)9-5-4-6(10)11/h8,13,25H,1,3,5-7,9,18H2,2,4H3,(H,19,22)(H,20,21);4-5H2,1-3H3,(H,9,12)(H,10,11)/b12-8-;/t13-;/m0./s1. The molecule has 41 heavy (non-hydrogen) atoms. The highest BCUT2D eigenvalue weighted by Gasteiger charge is 2.20. The van der Waals surface area contributed by atoms with Gasteiger partial charge in [0.2, 0.25) is 5.91 Å². The fraction of sp³-hybridized carbons (Fsp3) is 0.520. The molecule has 16 heteroatoms. The molecule has 0 spiro atoms. The molecule has 0 aromatic heterocycles. The molecule has 0 saturated carbocycles. The molecular formula is C25H40N4O12. The molecule has 0 radical (unpaired) electrons. The van der Waals surface area contributed by atoms with Crippen LogP contribution < -0.4 is 26.9 Å². The van der Waals surface area contributed by atoms with Crippen molar-refractivity contribution in [3.63, 3.8) is 0 Å². The molecular weight excluding hydrogens is 548 g/mol. The molecule has 0 aliphatic carbocycles. The molecule has 232 valence electrons. The fourth-order valence-corrected chi connectivity index (χ4v) is 2.07. The lowest BCUT2D eigenvalue weighted by Gasteiger charge is -2.19. The summed E-state index contributed by atoms with van der Waals surface area (Å²) in [5.41, 5.74) is 3.27. The Morgan fingerprint density at radius 2 is 1.49 bits per heavy atom. The Balaban J connectivity index is 0. The number of quaternary nitrogens is 1. The van der Waals surface area contributed by atoms with Crippen molar-refractivity contribution in [2.75, 3.05) is 26.3 Å². The van der Waals surface area contributed by atoms with E-state index in [9.17, 15) is 34.0 Å². The summed E-state index contributed by atoms with van der Waals surface area (Å²) in [7, 11) is 0. The Bertz CT molecular complexity index is 986. The van der Waals surface area contributed by atoms with Gasteiger partial charge in [0.15, 0.2) is 12.6 Å². The van der Waals surface area contributed by atoms with Crippen LogP contribution in [0.5, 0.6) is 0 Å². The largest absolute Gasteiger partial charge is 0.664 e. The molecule has 0 bridgehead atoms. The monoisotopic (exact) mass is 588 g/mol. The zero-order chi connectivity index (χ0) is 32.2. The number of carboxylic acids is 1. The van der Waals surface area contributed by atoms with Gasteiger partial charge in [-0.1, -0.05) is 13.2 Å². The molecule has 0 aromatic carbocycles. The second-order valence-corrected chi connectivity index (χ2v) is 9.33. The second-order valence-electron chi connectivity index (χ2n) is 9.33. The molecule has 7 N–H and O–H groups in total. The number of ether oxygens (including phenoxy) is 3. The zero-order valence-corrected chi connectivity index (χ0v) is 24.0. The minimum Gasteiger partial charge on any atom is -0.664 e. The SMILES string of the molecule is C=C(C)C(=O)OC/C(=C/O[O-])NC(=O)CCNC(=O)[C@@H]([NH3+])COC(=O)C(=C)C.CC(C)(C)OC(=O)NCCC(=O)O. The van der Waals surface area contributed by atoms with Crippen LogP contribution in [0.4, 0.5) is 4.79 Å². The maximum absolute atomic E-state index is 11.8. The lowest BCUT2D eigenvalue weighted by atomic mass is 10.2. The smallest absolute Gasteiger partial charge is 0.407 e. The number of esters is 2. The summed E-state index contributed by atoms with van der Waals surface area (Å²) in [4.78, 5) is 70.8. The van der Waals surface area contributed by atoms with E-state index < -0.39 is 54.1 Å². The van der Waals surface area contributed by atoms with Gasteiger partial charge < -0.3 is 51.1 Å². The van der Waals surface area contributed by atoms with Crippen LogP contribution >= 0.6 is 0 Å². The van der Waals surface area contributed by atoms with E-state index in [1.807, 2.05) is 0 Å². The van der Waals surface area contributed by atoms with Crippen molar-refractivity contribution in [2.24, 2.45) is 0 Å². The van der Waals surface area contributed by atoms with Gasteiger partial charge in [-0.2, -0.15) is 0 Å². The normalized spacial score (nSPS) is 11.3. The number of alkyl carbamates (subject to hydrolysis) is 1. The topological polar surface area (TPSA) is 246 Å². The summed E-state index contributed by atoms with van der Waals surface area (Å²) in [6.45, 7) is 14.3. The predicted octanol–water partition coefficient (Wildman–Crippen LogP) is -1.42. The predicted molar refractivity (Wildman–Crippen MR) is 140 cm³/mol. The minimum atomic E-state index is -0.948. The lowest BCUT2D eigenvalue weighted by Crippen LogP contribution is -2.69. The van der Waals surface area contributed by atoms with Gasteiger partial charge in [-0.25, -0.2) is 14.4 Å². The van der Waals surface area contributed by atoms with Crippen molar-refractivity contribution in [3.05, 3.63) is 36.3 Å². The maximum Gasteiger partial charge on any atom is 0.407 e. The second kappa shape index (κ2) is 20.5. The summed E-state index contributed by atoms with van der Waals surface area (Å²) in [5.74, 6) is -3.36. The molecule has 0 aliphatic heterocycles. The van der Waals surface area contributed by atoms with E-state index in [0.29, 0.717) is 6.26 Å². The average Bonchev–Trinajstić information content (AvgIpc) is 2.84. The number of carboxylic acid groups (broad SMARTS) is 1. The van der Waals surface area contributed by atoms with Crippen LogP contribution in [0.2, 0.25) is 0 Å². The highest BCUT2D eigenvalue weighted by atomic mass is 17.1. The average molecular weight is 589 g/mol. The highest BCUT2D eigenvalue weighted by molar-refractivity contribution is 5.88. The Labute approximate surface area is 237 Å². The summed E-state index contributed by atoms with van der Waals surface area (Å²) in [6.07, 6.45) is -0.161. The first-order valence-corrected chi connectivity index (χ1v) is 12.1. The van der Waals surface area contributed by atoms with E-state index in [1.165, 1.54) is 13.8 Å². The lowest BCUT2D eigenvalue weighted by molar-refractivity contribution is -0.665. The number of nitrogens with one attached hydrogen (secondary N) is 3. The van der Waals surface area contributed by atoms with Crippen LogP contribution in [-0.4, -0.2) is 78.9 Å². The number of carbonyl (C=O) groups is 6. The highest BCUT2D eigenvalue weighted by Crippen LogP contribution is 2.06. The van der Waals surface area contributed by atoms with Crippen LogP contribution in [-0.2, 0) is 43.1 Å². The molecule has 16 nitrogen and oxygen atoms in total. The summed E-state index contributed by atoms with van der Waals surface area (Å²) in [6, 6.07) is -0.864. The minimum absolute atomic E-state index is 0.0395. The van der Waals surface area contributed by atoms with Crippen LogP contribution in [0.1, 0.15) is 47.5 Å². The van der Waals surface area contributed by atoms with Crippen LogP contribution in [0.15, 0.2) is 36.3 Å². The zero-order valence-electron chi connectivity index (χ0n) is 24.0. The van der Waals surface area contributed by atoms with Gasteiger partial charge in [0.05, 0.1) is 18.4 Å². The number of carbonyl (C=O) groups excluding carboxylic acids is 5. The van der Waals surface area contributed by atoms with E-state index in [4.69, 9.17) is 19.3 Å². The number of amides is 3. The van der Waals surface area contributed by atoms with Crippen LogP contribution in [0.3, 0.4) is 0 Å². The van der Waals surface area contributed by atoms with Crippen LogP contribution in [0, 0.1) is 0 Å². The fourth-order valence-electron chi connectivity index (χ4n) is 2.07. The summed E-state index contributed by atoms with van der Waals surface area (Å²) in [5, 5.41) is 25.6. The molecule has 0 heterocycles. The molecule has 0 rings (SSSR count). The first-order valence-electron chi connectivity index (χ1n) is 12.1. The molecule has 0 unspecified atom stereocenters. The van der Waals surface area contributed by atoms with Crippen molar-refractivity contribution >= 4 is 35.8 Å². The number of aliphatic carboxylic acids is 1. The van der Waals surface area contributed by atoms with E-state index in [-0.39, 0.29) is 49.4 Å². The number of rotatable bonds is 15. The van der Waals surface area contributed by atoms with Crippen molar-refractivity contribution in [2.45, 2.75) is 59.1 Å². The molecule has 0 aromatic rings.